The maximum atomic E-state index is 11.4. The average Bonchev–Trinajstić information content (AvgIpc) is 2.08. The normalized spacial score (nSPS) is 11.9. The monoisotopic (exact) mass is 279 g/mol. The molecule has 0 aliphatic rings. The van der Waals surface area contributed by atoms with Crippen LogP contribution in [0.25, 0.3) is 0 Å². The highest BCUT2D eigenvalue weighted by atomic mass is 79.9. The van der Waals surface area contributed by atoms with Crippen molar-refractivity contribution in [1.29, 1.82) is 0 Å². The second kappa shape index (κ2) is 7.23. The van der Waals surface area contributed by atoms with Crippen molar-refractivity contribution in [2.75, 3.05) is 13.2 Å². The fourth-order valence-electron chi connectivity index (χ4n) is 0.958. The molecule has 0 aromatic carbocycles. The number of hydrogen-bond acceptors (Lipinski definition) is 2. The largest absolute Gasteiger partial charge is 0.379 e. The third kappa shape index (κ3) is 8.88. The molecule has 0 fully saturated rings. The number of carbonyl (C=O) groups excluding carboxylic acids is 1. The van der Waals surface area contributed by atoms with Crippen LogP contribution in [0.2, 0.25) is 0 Å². The predicted octanol–water partition coefficient (Wildman–Crippen LogP) is 2.48. The van der Waals surface area contributed by atoms with Gasteiger partial charge in [0, 0.05) is 13.2 Å². The smallest absolute Gasteiger partial charge is 0.236 e. The summed E-state index contributed by atoms with van der Waals surface area (Å²) < 4.78 is 4.92. The third-order valence-electron chi connectivity index (χ3n) is 1.85. The number of carbonyl (C=O) groups is 1. The first-order chi connectivity index (χ1) is 6.84. The molecule has 0 unspecified atom stereocenters. The standard InChI is InChI=1S/C11H22BrNO2/c1-9(2)15-8-6-5-7-13-10(14)11(3,4)12/h9H,5-8H2,1-4H3,(H,13,14). The van der Waals surface area contributed by atoms with Crippen molar-refractivity contribution in [2.24, 2.45) is 0 Å². The van der Waals surface area contributed by atoms with E-state index in [2.05, 4.69) is 21.2 Å². The topological polar surface area (TPSA) is 38.3 Å². The summed E-state index contributed by atoms with van der Waals surface area (Å²) in [4.78, 5) is 11.4. The van der Waals surface area contributed by atoms with E-state index < -0.39 is 4.32 Å². The molecule has 0 aromatic rings. The zero-order valence-corrected chi connectivity index (χ0v) is 11.7. The van der Waals surface area contributed by atoms with Crippen LogP contribution in [-0.4, -0.2) is 29.5 Å². The molecule has 0 heterocycles. The van der Waals surface area contributed by atoms with Crippen LogP contribution >= 0.6 is 15.9 Å². The van der Waals surface area contributed by atoms with Crippen LogP contribution in [0.5, 0.6) is 0 Å². The van der Waals surface area contributed by atoms with Gasteiger partial charge >= 0.3 is 0 Å². The Morgan fingerprint density at radius 2 is 2.00 bits per heavy atom. The molecule has 0 spiro atoms. The third-order valence-corrected chi connectivity index (χ3v) is 2.21. The molecule has 1 amide bonds. The lowest BCUT2D eigenvalue weighted by Gasteiger charge is -2.15. The number of rotatable bonds is 7. The van der Waals surface area contributed by atoms with E-state index in [4.69, 9.17) is 4.74 Å². The molecule has 0 bridgehead atoms. The molecule has 4 heteroatoms. The summed E-state index contributed by atoms with van der Waals surface area (Å²) in [6.45, 7) is 9.21. The Morgan fingerprint density at radius 3 is 2.47 bits per heavy atom. The summed E-state index contributed by atoms with van der Waals surface area (Å²) in [7, 11) is 0. The van der Waals surface area contributed by atoms with Gasteiger partial charge in [0.05, 0.1) is 10.4 Å². The number of amides is 1. The lowest BCUT2D eigenvalue weighted by Crippen LogP contribution is -2.38. The lowest BCUT2D eigenvalue weighted by molar-refractivity contribution is -0.122. The van der Waals surface area contributed by atoms with Gasteiger partial charge in [0.2, 0.25) is 5.91 Å². The number of halogens is 1. The summed E-state index contributed by atoms with van der Waals surface area (Å²) in [5.41, 5.74) is 0. The SMILES string of the molecule is CC(C)OCCCCNC(=O)C(C)(C)Br. The van der Waals surface area contributed by atoms with Gasteiger partial charge in [-0.05, 0) is 40.5 Å². The average molecular weight is 280 g/mol. The van der Waals surface area contributed by atoms with Crippen LogP contribution in [0.4, 0.5) is 0 Å². The minimum absolute atomic E-state index is 0.0345. The summed E-state index contributed by atoms with van der Waals surface area (Å²) in [6, 6.07) is 0. The Morgan fingerprint density at radius 1 is 1.40 bits per heavy atom. The fraction of sp³-hybridized carbons (Fsp3) is 0.909. The summed E-state index contributed by atoms with van der Waals surface area (Å²) in [6.07, 6.45) is 2.24. The van der Waals surface area contributed by atoms with Crippen LogP contribution in [0.1, 0.15) is 40.5 Å². The molecule has 0 saturated heterocycles. The second-order valence-corrected chi connectivity index (χ2v) is 6.34. The molecule has 0 atom stereocenters. The van der Waals surface area contributed by atoms with Gasteiger partial charge in [-0.3, -0.25) is 4.79 Å². The number of alkyl halides is 1. The molecular formula is C11H22BrNO2. The van der Waals surface area contributed by atoms with E-state index in [0.29, 0.717) is 6.10 Å². The summed E-state index contributed by atoms with van der Waals surface area (Å²) in [5, 5.41) is 2.87. The summed E-state index contributed by atoms with van der Waals surface area (Å²) >= 11 is 3.31. The Balaban J connectivity index is 3.36. The fourth-order valence-corrected chi connectivity index (χ4v) is 1.10. The molecule has 0 saturated carbocycles. The quantitative estimate of drug-likeness (QED) is 0.574. The molecule has 0 aliphatic heterocycles. The van der Waals surface area contributed by atoms with E-state index in [-0.39, 0.29) is 5.91 Å². The van der Waals surface area contributed by atoms with Crippen LogP contribution in [0, 0.1) is 0 Å². The first-order valence-corrected chi connectivity index (χ1v) is 6.22. The van der Waals surface area contributed by atoms with Crippen molar-refractivity contribution in [2.45, 2.75) is 51.0 Å². The number of hydrogen-bond donors (Lipinski definition) is 1. The summed E-state index contributed by atoms with van der Waals surface area (Å²) in [5.74, 6) is 0.0345. The molecule has 3 nitrogen and oxygen atoms in total. The van der Waals surface area contributed by atoms with Crippen molar-refractivity contribution in [3.05, 3.63) is 0 Å². The van der Waals surface area contributed by atoms with Crippen LogP contribution in [0.3, 0.4) is 0 Å². The van der Waals surface area contributed by atoms with E-state index in [9.17, 15) is 4.79 Å². The van der Waals surface area contributed by atoms with Crippen molar-refractivity contribution >= 4 is 21.8 Å². The number of unbranched alkanes of at least 4 members (excludes halogenated alkanes) is 1. The van der Waals surface area contributed by atoms with Crippen LogP contribution in [-0.2, 0) is 9.53 Å². The Bertz CT molecular complexity index is 188. The van der Waals surface area contributed by atoms with Gasteiger partial charge in [-0.25, -0.2) is 0 Å². The Labute approximate surface area is 101 Å². The van der Waals surface area contributed by atoms with Gasteiger partial charge in [-0.15, -0.1) is 0 Å². The maximum Gasteiger partial charge on any atom is 0.236 e. The molecule has 0 radical (unpaired) electrons. The molecule has 0 rings (SSSR count). The Hall–Kier alpha value is -0.0900. The first-order valence-electron chi connectivity index (χ1n) is 5.43. The van der Waals surface area contributed by atoms with Crippen LogP contribution < -0.4 is 5.32 Å². The van der Waals surface area contributed by atoms with Crippen molar-refractivity contribution < 1.29 is 9.53 Å². The minimum atomic E-state index is -0.471. The van der Waals surface area contributed by atoms with Crippen molar-refractivity contribution in [3.63, 3.8) is 0 Å². The Kier molecular flexibility index (Phi) is 7.18. The van der Waals surface area contributed by atoms with Crippen LogP contribution in [0.15, 0.2) is 0 Å². The van der Waals surface area contributed by atoms with E-state index in [0.717, 1.165) is 26.0 Å². The highest BCUT2D eigenvalue weighted by Crippen LogP contribution is 2.15. The molecule has 1 N–H and O–H groups in total. The van der Waals surface area contributed by atoms with Crippen molar-refractivity contribution in [1.82, 2.24) is 5.32 Å². The van der Waals surface area contributed by atoms with E-state index >= 15 is 0 Å². The van der Waals surface area contributed by atoms with E-state index in [1.807, 2.05) is 27.7 Å². The zero-order valence-electron chi connectivity index (χ0n) is 10.1. The van der Waals surface area contributed by atoms with Gasteiger partial charge in [-0.1, -0.05) is 15.9 Å². The molecule has 0 aliphatic carbocycles. The van der Waals surface area contributed by atoms with Gasteiger partial charge in [-0.2, -0.15) is 0 Å². The first kappa shape index (κ1) is 14.9. The van der Waals surface area contributed by atoms with Gasteiger partial charge in [0.15, 0.2) is 0 Å². The number of nitrogens with one attached hydrogen (secondary N) is 1. The number of ether oxygens (including phenoxy) is 1. The van der Waals surface area contributed by atoms with Gasteiger partial charge in [0.25, 0.3) is 0 Å². The highest BCUT2D eigenvalue weighted by molar-refractivity contribution is 9.10. The molecule has 15 heavy (non-hydrogen) atoms. The molecule has 90 valence electrons. The maximum absolute atomic E-state index is 11.4. The van der Waals surface area contributed by atoms with Crippen molar-refractivity contribution in [3.8, 4) is 0 Å². The predicted molar refractivity (Wildman–Crippen MR) is 66.3 cm³/mol. The lowest BCUT2D eigenvalue weighted by atomic mass is 10.2. The second-order valence-electron chi connectivity index (χ2n) is 4.36. The van der Waals surface area contributed by atoms with E-state index in [1.165, 1.54) is 0 Å². The highest BCUT2D eigenvalue weighted by Gasteiger charge is 2.22. The minimum Gasteiger partial charge on any atom is -0.379 e. The molecular weight excluding hydrogens is 258 g/mol. The van der Waals surface area contributed by atoms with Gasteiger partial charge < -0.3 is 10.1 Å². The van der Waals surface area contributed by atoms with E-state index in [1.54, 1.807) is 0 Å². The van der Waals surface area contributed by atoms with Gasteiger partial charge in [0.1, 0.15) is 0 Å². The molecule has 0 aromatic heterocycles. The zero-order chi connectivity index (χ0) is 11.9.